The molecular formula is C29H45NO8. The molecule has 38 heavy (non-hydrogen) atoms. The van der Waals surface area contributed by atoms with Gasteiger partial charge in [-0.15, -0.1) is 0 Å². The molecule has 0 aromatic heterocycles. The molecule has 0 aliphatic heterocycles. The Labute approximate surface area is 226 Å². The molecular weight excluding hydrogens is 490 g/mol. The molecule has 1 rings (SSSR count). The molecule has 1 aromatic carbocycles. The van der Waals surface area contributed by atoms with Gasteiger partial charge in [0.2, 0.25) is 0 Å². The summed E-state index contributed by atoms with van der Waals surface area (Å²) in [5.41, 5.74) is 5.50. The van der Waals surface area contributed by atoms with Gasteiger partial charge in [0.25, 0.3) is 0 Å². The Morgan fingerprint density at radius 2 is 1.45 bits per heavy atom. The molecule has 0 saturated heterocycles. The van der Waals surface area contributed by atoms with Crippen molar-refractivity contribution in [2.24, 2.45) is 23.5 Å². The van der Waals surface area contributed by atoms with Crippen molar-refractivity contribution >= 4 is 23.9 Å². The van der Waals surface area contributed by atoms with E-state index in [0.717, 1.165) is 12.8 Å². The number of benzene rings is 1. The fraction of sp³-hybridized carbons (Fsp3) is 0.655. The molecule has 0 aliphatic carbocycles. The fourth-order valence-electron chi connectivity index (χ4n) is 3.92. The van der Waals surface area contributed by atoms with Gasteiger partial charge in [-0.1, -0.05) is 60.5 Å². The maximum Gasteiger partial charge on any atom is 0.326 e. The quantitative estimate of drug-likeness (QED) is 0.235. The lowest BCUT2D eigenvalue weighted by Crippen LogP contribution is -2.51. The van der Waals surface area contributed by atoms with E-state index in [-0.39, 0.29) is 61.1 Å². The Morgan fingerprint density at radius 1 is 0.895 bits per heavy atom. The van der Waals surface area contributed by atoms with Crippen LogP contribution in [0.15, 0.2) is 18.2 Å². The lowest BCUT2D eigenvalue weighted by molar-refractivity contribution is -0.151. The molecule has 0 amide bonds. The lowest BCUT2D eigenvalue weighted by Gasteiger charge is -2.27. The second kappa shape index (κ2) is 16.1. The Hall–Kier alpha value is -2.94. The number of carbonyl (C=O) groups excluding carboxylic acids is 4. The van der Waals surface area contributed by atoms with Crippen molar-refractivity contribution in [1.29, 1.82) is 0 Å². The van der Waals surface area contributed by atoms with Gasteiger partial charge in [-0.05, 0) is 36.5 Å². The van der Waals surface area contributed by atoms with E-state index in [2.05, 4.69) is 0 Å². The molecule has 9 nitrogen and oxygen atoms in total. The molecule has 1 aromatic rings. The van der Waals surface area contributed by atoms with E-state index in [1.54, 1.807) is 26.0 Å². The van der Waals surface area contributed by atoms with Crippen molar-refractivity contribution < 1.29 is 38.1 Å². The van der Waals surface area contributed by atoms with E-state index in [9.17, 15) is 19.2 Å². The Kier molecular flexibility index (Phi) is 14.0. The molecule has 9 heteroatoms. The standard InChI is InChI=1S/C29H45NO8/c1-8-10-20(5)26(32)37-23-13-12-22(17-24(23)38-27(33)21(6)11-9-2)18-29(30,28(34)35-7)14-15-36-25(31)16-19(3)4/h12-13,17,19-21H,8-11,14-16,18,30H2,1-7H3/t20?,21?,29-/m1/s1. The first-order chi connectivity index (χ1) is 17.9. The highest BCUT2D eigenvalue weighted by Gasteiger charge is 2.36. The minimum absolute atomic E-state index is 0.0108. The van der Waals surface area contributed by atoms with Crippen LogP contribution in [0.1, 0.15) is 85.6 Å². The van der Waals surface area contributed by atoms with Gasteiger partial charge >= 0.3 is 23.9 Å². The zero-order chi connectivity index (χ0) is 28.9. The van der Waals surface area contributed by atoms with Crippen LogP contribution in [0.3, 0.4) is 0 Å². The Morgan fingerprint density at radius 3 is 1.95 bits per heavy atom. The normalized spacial score (nSPS) is 14.2. The fourth-order valence-corrected chi connectivity index (χ4v) is 3.92. The summed E-state index contributed by atoms with van der Waals surface area (Å²) in [6, 6.07) is 4.72. The molecule has 0 fully saturated rings. The van der Waals surface area contributed by atoms with Crippen LogP contribution in [-0.4, -0.2) is 43.1 Å². The molecule has 0 aliphatic rings. The topological polar surface area (TPSA) is 131 Å². The third-order valence-corrected chi connectivity index (χ3v) is 6.17. The van der Waals surface area contributed by atoms with Crippen LogP contribution in [0.25, 0.3) is 0 Å². The number of rotatable bonds is 16. The smallest absolute Gasteiger partial charge is 0.326 e. The van der Waals surface area contributed by atoms with Crippen molar-refractivity contribution in [3.8, 4) is 11.5 Å². The van der Waals surface area contributed by atoms with Gasteiger partial charge in [-0.3, -0.25) is 19.2 Å². The van der Waals surface area contributed by atoms with E-state index < -0.39 is 23.4 Å². The Bertz CT molecular complexity index is 945. The summed E-state index contributed by atoms with van der Waals surface area (Å²) < 4.78 is 21.4. The van der Waals surface area contributed by atoms with Crippen LogP contribution in [0.2, 0.25) is 0 Å². The first kappa shape index (κ1) is 33.1. The first-order valence-electron chi connectivity index (χ1n) is 13.5. The minimum atomic E-state index is -1.50. The largest absolute Gasteiger partial charge is 0.468 e. The van der Waals surface area contributed by atoms with Gasteiger partial charge in [-0.2, -0.15) is 0 Å². The molecule has 0 heterocycles. The predicted molar refractivity (Wildman–Crippen MR) is 144 cm³/mol. The van der Waals surface area contributed by atoms with Crippen molar-refractivity contribution in [2.75, 3.05) is 13.7 Å². The molecule has 0 saturated carbocycles. The first-order valence-corrected chi connectivity index (χ1v) is 13.5. The van der Waals surface area contributed by atoms with Gasteiger partial charge in [0.1, 0.15) is 5.54 Å². The third kappa shape index (κ3) is 10.8. The number of carbonyl (C=O) groups is 4. The number of ether oxygens (including phenoxy) is 4. The van der Waals surface area contributed by atoms with Gasteiger partial charge in [0, 0.05) is 19.3 Å². The molecule has 0 spiro atoms. The minimum Gasteiger partial charge on any atom is -0.468 e. The van der Waals surface area contributed by atoms with Crippen LogP contribution in [0.5, 0.6) is 11.5 Å². The van der Waals surface area contributed by atoms with E-state index >= 15 is 0 Å². The summed E-state index contributed by atoms with van der Waals surface area (Å²) in [5.74, 6) is -2.26. The van der Waals surface area contributed by atoms with Crippen molar-refractivity contribution in [2.45, 2.75) is 92.0 Å². The van der Waals surface area contributed by atoms with Crippen LogP contribution in [0, 0.1) is 17.8 Å². The predicted octanol–water partition coefficient (Wildman–Crippen LogP) is 4.76. The van der Waals surface area contributed by atoms with Gasteiger partial charge in [0.15, 0.2) is 11.5 Å². The van der Waals surface area contributed by atoms with E-state index in [1.165, 1.54) is 13.2 Å². The van der Waals surface area contributed by atoms with Crippen LogP contribution < -0.4 is 15.2 Å². The SMILES string of the molecule is CCCC(C)C(=O)Oc1ccc(C[C@](N)(CCOC(=O)CC(C)C)C(=O)OC)cc1OC(=O)C(C)CCC. The highest BCUT2D eigenvalue weighted by atomic mass is 16.6. The summed E-state index contributed by atoms with van der Waals surface area (Å²) in [5, 5.41) is 0. The summed E-state index contributed by atoms with van der Waals surface area (Å²) in [4.78, 5) is 49.8. The average Bonchev–Trinajstić information content (AvgIpc) is 2.84. The van der Waals surface area contributed by atoms with Gasteiger partial charge in [-0.25, -0.2) is 0 Å². The third-order valence-electron chi connectivity index (χ3n) is 6.17. The zero-order valence-corrected chi connectivity index (χ0v) is 24.0. The molecule has 2 unspecified atom stereocenters. The summed E-state index contributed by atoms with van der Waals surface area (Å²) >= 11 is 0. The Balaban J connectivity index is 3.22. The number of methoxy groups -OCH3 is 1. The molecule has 2 N–H and O–H groups in total. The number of hydrogen-bond donors (Lipinski definition) is 1. The number of nitrogens with two attached hydrogens (primary N) is 1. The van der Waals surface area contributed by atoms with Crippen molar-refractivity contribution in [1.82, 2.24) is 0 Å². The molecule has 0 bridgehead atoms. The second-order valence-corrected chi connectivity index (χ2v) is 10.4. The molecule has 0 radical (unpaired) electrons. The zero-order valence-electron chi connectivity index (χ0n) is 24.0. The van der Waals surface area contributed by atoms with Gasteiger partial charge < -0.3 is 24.7 Å². The maximum atomic E-state index is 12.7. The maximum absolute atomic E-state index is 12.7. The van der Waals surface area contributed by atoms with Crippen LogP contribution >= 0.6 is 0 Å². The van der Waals surface area contributed by atoms with Crippen LogP contribution in [-0.2, 0) is 35.1 Å². The average molecular weight is 536 g/mol. The highest BCUT2D eigenvalue weighted by Crippen LogP contribution is 2.32. The molecule has 3 atom stereocenters. The van der Waals surface area contributed by atoms with E-state index in [4.69, 9.17) is 24.7 Å². The van der Waals surface area contributed by atoms with E-state index in [0.29, 0.717) is 18.4 Å². The van der Waals surface area contributed by atoms with Crippen molar-refractivity contribution in [3.05, 3.63) is 23.8 Å². The second-order valence-electron chi connectivity index (χ2n) is 10.4. The number of esters is 4. The highest BCUT2D eigenvalue weighted by molar-refractivity contribution is 5.81. The van der Waals surface area contributed by atoms with Crippen molar-refractivity contribution in [3.63, 3.8) is 0 Å². The number of hydrogen-bond acceptors (Lipinski definition) is 9. The lowest BCUT2D eigenvalue weighted by atomic mass is 9.88. The van der Waals surface area contributed by atoms with Gasteiger partial charge in [0.05, 0.1) is 25.6 Å². The summed E-state index contributed by atoms with van der Waals surface area (Å²) in [6.07, 6.45) is 3.24. The van der Waals surface area contributed by atoms with Crippen LogP contribution in [0.4, 0.5) is 0 Å². The van der Waals surface area contributed by atoms with E-state index in [1.807, 2.05) is 27.7 Å². The molecule has 214 valence electrons. The summed E-state index contributed by atoms with van der Waals surface area (Å²) in [6.45, 7) is 11.3. The summed E-state index contributed by atoms with van der Waals surface area (Å²) in [7, 11) is 1.23. The monoisotopic (exact) mass is 535 g/mol.